The number of aromatic carboxylic acids is 1. The molecule has 0 atom stereocenters. The first-order valence-electron chi connectivity index (χ1n) is 3.25. The van der Waals surface area contributed by atoms with Crippen LogP contribution in [0.2, 0.25) is 5.02 Å². The first-order chi connectivity index (χ1) is 5.52. The number of carboxylic acids is 1. The maximum atomic E-state index is 10.6. The van der Waals surface area contributed by atoms with Crippen LogP contribution in [0.4, 0.5) is 0 Å². The second-order valence-electron chi connectivity index (χ2n) is 2.42. The van der Waals surface area contributed by atoms with Gasteiger partial charge in [-0.15, -0.1) is 12.6 Å². The predicted molar refractivity (Wildman–Crippen MR) is 50.4 cm³/mol. The van der Waals surface area contributed by atoms with Crippen LogP contribution in [0.3, 0.4) is 0 Å². The van der Waals surface area contributed by atoms with Crippen LogP contribution in [0, 0.1) is 6.92 Å². The third kappa shape index (κ3) is 1.73. The lowest BCUT2D eigenvalue weighted by Crippen LogP contribution is -1.99. The minimum Gasteiger partial charge on any atom is -0.478 e. The number of thiol groups is 1. The summed E-state index contributed by atoms with van der Waals surface area (Å²) >= 11 is 9.73. The van der Waals surface area contributed by atoms with Crippen molar-refractivity contribution in [1.82, 2.24) is 0 Å². The van der Waals surface area contributed by atoms with E-state index in [0.717, 1.165) is 5.56 Å². The number of hydrogen-bond acceptors (Lipinski definition) is 2. The van der Waals surface area contributed by atoms with Crippen molar-refractivity contribution in [1.29, 1.82) is 0 Å². The molecule has 12 heavy (non-hydrogen) atoms. The zero-order valence-corrected chi connectivity index (χ0v) is 7.99. The first kappa shape index (κ1) is 9.42. The minimum absolute atomic E-state index is 0.142. The van der Waals surface area contributed by atoms with Crippen molar-refractivity contribution >= 4 is 30.2 Å². The summed E-state index contributed by atoms with van der Waals surface area (Å²) in [6, 6.07) is 3.07. The van der Waals surface area contributed by atoms with Gasteiger partial charge >= 0.3 is 5.97 Å². The van der Waals surface area contributed by atoms with Crippen LogP contribution in [0.25, 0.3) is 0 Å². The molecule has 1 aromatic carbocycles. The van der Waals surface area contributed by atoms with Gasteiger partial charge in [-0.05, 0) is 24.6 Å². The Hall–Kier alpha value is -0.670. The molecule has 1 N–H and O–H groups in total. The largest absolute Gasteiger partial charge is 0.478 e. The maximum Gasteiger partial charge on any atom is 0.336 e. The van der Waals surface area contributed by atoms with Crippen molar-refractivity contribution in [2.75, 3.05) is 0 Å². The molecule has 0 saturated heterocycles. The van der Waals surface area contributed by atoms with Crippen LogP contribution < -0.4 is 0 Å². The highest BCUT2D eigenvalue weighted by Crippen LogP contribution is 2.23. The summed E-state index contributed by atoms with van der Waals surface area (Å²) in [5, 5.41) is 9.13. The van der Waals surface area contributed by atoms with Gasteiger partial charge in [-0.3, -0.25) is 0 Å². The number of halogens is 1. The van der Waals surface area contributed by atoms with Crippen molar-refractivity contribution in [3.05, 3.63) is 28.3 Å². The Morgan fingerprint density at radius 1 is 1.58 bits per heavy atom. The van der Waals surface area contributed by atoms with Gasteiger partial charge < -0.3 is 5.11 Å². The highest BCUT2D eigenvalue weighted by atomic mass is 35.5. The Morgan fingerprint density at radius 2 is 2.17 bits per heavy atom. The molecule has 0 fully saturated rings. The van der Waals surface area contributed by atoms with Crippen molar-refractivity contribution < 1.29 is 9.90 Å². The third-order valence-electron chi connectivity index (χ3n) is 1.50. The molecule has 0 aliphatic heterocycles. The molecule has 0 saturated carbocycles. The molecule has 2 nitrogen and oxygen atoms in total. The fourth-order valence-corrected chi connectivity index (χ4v) is 1.40. The molecular weight excluding hydrogens is 196 g/mol. The third-order valence-corrected chi connectivity index (χ3v) is 2.31. The second-order valence-corrected chi connectivity index (χ2v) is 3.31. The molecule has 0 aromatic heterocycles. The maximum absolute atomic E-state index is 10.6. The summed E-state index contributed by atoms with van der Waals surface area (Å²) in [6.07, 6.45) is 0. The molecule has 0 unspecified atom stereocenters. The number of carbonyl (C=O) groups is 1. The Bertz CT molecular complexity index is 336. The lowest BCUT2D eigenvalue weighted by molar-refractivity contribution is 0.0693. The quantitative estimate of drug-likeness (QED) is 0.687. The van der Waals surface area contributed by atoms with E-state index in [4.69, 9.17) is 16.7 Å². The van der Waals surface area contributed by atoms with E-state index < -0.39 is 5.97 Å². The number of benzene rings is 1. The zero-order chi connectivity index (χ0) is 9.30. The van der Waals surface area contributed by atoms with Crippen LogP contribution in [0.1, 0.15) is 15.9 Å². The molecule has 1 aromatic rings. The molecule has 64 valence electrons. The number of rotatable bonds is 1. The van der Waals surface area contributed by atoms with Gasteiger partial charge in [0.2, 0.25) is 0 Å². The highest BCUT2D eigenvalue weighted by molar-refractivity contribution is 7.80. The molecule has 4 heteroatoms. The number of aryl methyl sites for hydroxylation is 1. The average Bonchev–Trinajstić information content (AvgIpc) is 1.96. The molecule has 1 rings (SSSR count). The Labute approximate surface area is 80.6 Å². The Kier molecular flexibility index (Phi) is 2.65. The summed E-state index contributed by atoms with van der Waals surface area (Å²) in [4.78, 5) is 11.1. The molecule has 0 bridgehead atoms. The van der Waals surface area contributed by atoms with Crippen LogP contribution >= 0.6 is 24.2 Å². The topological polar surface area (TPSA) is 37.3 Å². The number of hydrogen-bond donors (Lipinski definition) is 2. The number of carboxylic acid groups (broad SMARTS) is 1. The van der Waals surface area contributed by atoms with E-state index in [0.29, 0.717) is 9.92 Å². The van der Waals surface area contributed by atoms with Crippen LogP contribution in [-0.4, -0.2) is 11.1 Å². The lowest BCUT2D eigenvalue weighted by atomic mass is 10.1. The summed E-state index contributed by atoms with van der Waals surface area (Å²) in [5.41, 5.74) is 0.909. The minimum atomic E-state index is -1.01. The normalized spacial score (nSPS) is 9.92. The van der Waals surface area contributed by atoms with Gasteiger partial charge in [0.1, 0.15) is 0 Å². The second kappa shape index (κ2) is 3.37. The molecule has 0 heterocycles. The fourth-order valence-electron chi connectivity index (χ4n) is 0.899. The van der Waals surface area contributed by atoms with E-state index in [2.05, 4.69) is 12.6 Å². The summed E-state index contributed by atoms with van der Waals surface area (Å²) in [5.74, 6) is -1.01. The molecule has 0 aliphatic rings. The van der Waals surface area contributed by atoms with Crippen molar-refractivity contribution in [3.63, 3.8) is 0 Å². The molecular formula is C8H7ClO2S. The molecule has 0 radical (unpaired) electrons. The van der Waals surface area contributed by atoms with E-state index in [-0.39, 0.29) is 5.56 Å². The molecule has 0 aliphatic carbocycles. The molecule has 0 amide bonds. The lowest BCUT2D eigenvalue weighted by Gasteiger charge is -2.03. The van der Waals surface area contributed by atoms with Crippen molar-refractivity contribution in [3.8, 4) is 0 Å². The first-order valence-corrected chi connectivity index (χ1v) is 4.07. The SMILES string of the molecule is Cc1cc(Cl)cc(C(=O)O)c1S. The average molecular weight is 203 g/mol. The Balaban J connectivity index is 3.37. The van der Waals surface area contributed by atoms with Gasteiger partial charge in [0.25, 0.3) is 0 Å². The smallest absolute Gasteiger partial charge is 0.336 e. The van der Waals surface area contributed by atoms with Crippen LogP contribution in [-0.2, 0) is 0 Å². The van der Waals surface area contributed by atoms with Gasteiger partial charge in [-0.25, -0.2) is 4.79 Å². The summed E-state index contributed by atoms with van der Waals surface area (Å²) in [7, 11) is 0. The van der Waals surface area contributed by atoms with E-state index in [9.17, 15) is 4.79 Å². The van der Waals surface area contributed by atoms with Gasteiger partial charge in [0, 0.05) is 9.92 Å². The van der Waals surface area contributed by atoms with Crippen molar-refractivity contribution in [2.45, 2.75) is 11.8 Å². The predicted octanol–water partition coefficient (Wildman–Crippen LogP) is 2.64. The summed E-state index contributed by atoms with van der Waals surface area (Å²) < 4.78 is 0. The van der Waals surface area contributed by atoms with Gasteiger partial charge in [0.15, 0.2) is 0 Å². The van der Waals surface area contributed by atoms with Crippen molar-refractivity contribution in [2.24, 2.45) is 0 Å². The highest BCUT2D eigenvalue weighted by Gasteiger charge is 2.10. The Morgan fingerprint density at radius 3 is 2.67 bits per heavy atom. The van der Waals surface area contributed by atoms with E-state index in [1.54, 1.807) is 13.0 Å². The van der Waals surface area contributed by atoms with Gasteiger partial charge in [-0.1, -0.05) is 11.6 Å². The van der Waals surface area contributed by atoms with Crippen LogP contribution in [0.5, 0.6) is 0 Å². The van der Waals surface area contributed by atoms with Crippen LogP contribution in [0.15, 0.2) is 17.0 Å². The fraction of sp³-hybridized carbons (Fsp3) is 0.125. The monoisotopic (exact) mass is 202 g/mol. The van der Waals surface area contributed by atoms with E-state index in [1.807, 2.05) is 0 Å². The zero-order valence-electron chi connectivity index (χ0n) is 6.34. The van der Waals surface area contributed by atoms with Gasteiger partial charge in [0.05, 0.1) is 5.56 Å². The summed E-state index contributed by atoms with van der Waals surface area (Å²) in [6.45, 7) is 1.76. The standard InChI is InChI=1S/C8H7ClO2S/c1-4-2-5(9)3-6(7(4)12)8(10)11/h2-3,12H,1H3,(H,10,11). The van der Waals surface area contributed by atoms with E-state index in [1.165, 1.54) is 6.07 Å². The molecule has 0 spiro atoms. The van der Waals surface area contributed by atoms with E-state index >= 15 is 0 Å². The van der Waals surface area contributed by atoms with Gasteiger partial charge in [-0.2, -0.15) is 0 Å².